The van der Waals surface area contributed by atoms with Crippen molar-refractivity contribution in [3.8, 4) is 0 Å². The van der Waals surface area contributed by atoms with Crippen LogP contribution in [0.2, 0.25) is 0 Å². The molecule has 0 saturated heterocycles. The number of aromatic nitrogens is 1. The van der Waals surface area contributed by atoms with E-state index in [0.717, 1.165) is 42.8 Å². The SMILES string of the molecule is C=C(N)NCCN/C(=C/C(=C)C1=CCCC=C1)c1cc(CC)[nH]c1C. The largest absolute Gasteiger partial charge is 0.386 e. The molecule has 0 fully saturated rings. The molecule has 1 aromatic heterocycles. The van der Waals surface area contributed by atoms with E-state index in [2.05, 4.69) is 73.0 Å². The molecule has 0 aromatic carbocycles. The molecule has 0 atom stereocenters. The molecule has 1 aliphatic rings. The molecule has 0 radical (unpaired) electrons. The zero-order chi connectivity index (χ0) is 18.2. The number of aromatic amines is 1. The summed E-state index contributed by atoms with van der Waals surface area (Å²) in [5.74, 6) is 0.486. The summed E-state index contributed by atoms with van der Waals surface area (Å²) >= 11 is 0. The second-order valence-electron chi connectivity index (χ2n) is 6.29. The first kappa shape index (κ1) is 18.7. The van der Waals surface area contributed by atoms with Gasteiger partial charge in [0.15, 0.2) is 0 Å². The molecule has 1 aliphatic carbocycles. The van der Waals surface area contributed by atoms with Crippen molar-refractivity contribution in [2.45, 2.75) is 33.1 Å². The molecule has 134 valence electrons. The molecular weight excluding hydrogens is 308 g/mol. The minimum atomic E-state index is 0.486. The lowest BCUT2D eigenvalue weighted by Gasteiger charge is -2.14. The van der Waals surface area contributed by atoms with Gasteiger partial charge in [0.25, 0.3) is 0 Å². The van der Waals surface area contributed by atoms with Gasteiger partial charge in [0.05, 0.1) is 5.82 Å². The van der Waals surface area contributed by atoms with Crippen molar-refractivity contribution in [1.82, 2.24) is 15.6 Å². The molecule has 4 nitrogen and oxygen atoms in total. The Hall–Kier alpha value is -2.62. The number of rotatable bonds is 9. The third kappa shape index (κ3) is 5.45. The van der Waals surface area contributed by atoms with Crippen LogP contribution in [-0.2, 0) is 6.42 Å². The van der Waals surface area contributed by atoms with Crippen LogP contribution in [0, 0.1) is 6.92 Å². The highest BCUT2D eigenvalue weighted by Crippen LogP contribution is 2.24. The number of hydrogen-bond donors (Lipinski definition) is 4. The van der Waals surface area contributed by atoms with Crippen molar-refractivity contribution in [3.63, 3.8) is 0 Å². The molecule has 2 rings (SSSR count). The highest BCUT2D eigenvalue weighted by Gasteiger charge is 2.10. The van der Waals surface area contributed by atoms with Crippen LogP contribution in [0.1, 0.15) is 36.7 Å². The molecule has 0 aliphatic heterocycles. The van der Waals surface area contributed by atoms with Gasteiger partial charge in [-0.1, -0.05) is 38.3 Å². The van der Waals surface area contributed by atoms with Crippen LogP contribution in [0.15, 0.2) is 60.5 Å². The lowest BCUT2D eigenvalue weighted by atomic mass is 9.99. The summed E-state index contributed by atoms with van der Waals surface area (Å²) < 4.78 is 0. The zero-order valence-electron chi connectivity index (χ0n) is 15.4. The Balaban J connectivity index is 2.21. The van der Waals surface area contributed by atoms with Crippen molar-refractivity contribution >= 4 is 5.70 Å². The number of nitrogens with two attached hydrogens (primary N) is 1. The Bertz CT molecular complexity index is 716. The fraction of sp³-hybridized carbons (Fsp3) is 0.333. The zero-order valence-corrected chi connectivity index (χ0v) is 15.4. The van der Waals surface area contributed by atoms with Crippen molar-refractivity contribution in [1.29, 1.82) is 0 Å². The van der Waals surface area contributed by atoms with Crippen LogP contribution in [0.5, 0.6) is 0 Å². The van der Waals surface area contributed by atoms with Gasteiger partial charge in [0.2, 0.25) is 0 Å². The fourth-order valence-electron chi connectivity index (χ4n) is 2.85. The molecule has 0 amide bonds. The maximum absolute atomic E-state index is 5.56. The van der Waals surface area contributed by atoms with Crippen LogP contribution < -0.4 is 16.4 Å². The number of aryl methyl sites for hydroxylation is 2. The topological polar surface area (TPSA) is 65.9 Å². The van der Waals surface area contributed by atoms with E-state index in [9.17, 15) is 0 Å². The van der Waals surface area contributed by atoms with Gasteiger partial charge in [-0.15, -0.1) is 0 Å². The van der Waals surface area contributed by atoms with E-state index in [0.29, 0.717) is 12.4 Å². The van der Waals surface area contributed by atoms with E-state index >= 15 is 0 Å². The molecule has 0 unspecified atom stereocenters. The maximum Gasteiger partial charge on any atom is 0.0886 e. The van der Waals surface area contributed by atoms with E-state index in [4.69, 9.17) is 5.73 Å². The van der Waals surface area contributed by atoms with E-state index in [-0.39, 0.29) is 0 Å². The first-order valence-electron chi connectivity index (χ1n) is 8.90. The molecule has 1 aromatic rings. The summed E-state index contributed by atoms with van der Waals surface area (Å²) in [5, 5.41) is 6.55. The average Bonchev–Trinajstić information content (AvgIpc) is 2.99. The molecule has 1 heterocycles. The quantitative estimate of drug-likeness (QED) is 0.410. The predicted molar refractivity (Wildman–Crippen MR) is 108 cm³/mol. The van der Waals surface area contributed by atoms with Crippen LogP contribution >= 0.6 is 0 Å². The van der Waals surface area contributed by atoms with Crippen molar-refractivity contribution in [2.75, 3.05) is 13.1 Å². The molecule has 0 spiro atoms. The van der Waals surface area contributed by atoms with Gasteiger partial charge in [-0.05, 0) is 49.5 Å². The van der Waals surface area contributed by atoms with Gasteiger partial charge in [0.1, 0.15) is 0 Å². The maximum atomic E-state index is 5.56. The Kier molecular flexibility index (Phi) is 6.75. The second-order valence-corrected chi connectivity index (χ2v) is 6.29. The standard InChI is InChI=1S/C21H30N4/c1-5-19-14-20(16(3)25-19)21(24-12-11-23-17(4)22)13-15(2)18-9-7-6-8-10-18/h7,9-10,13-14,23-25H,2,4-6,8,11-12,22H2,1,3H3/b21-13+. The number of nitrogens with one attached hydrogen (secondary N) is 3. The van der Waals surface area contributed by atoms with Crippen molar-refractivity contribution in [3.05, 3.63) is 77.4 Å². The van der Waals surface area contributed by atoms with Crippen LogP contribution in [0.25, 0.3) is 5.70 Å². The lowest BCUT2D eigenvalue weighted by molar-refractivity contribution is 0.742. The summed E-state index contributed by atoms with van der Waals surface area (Å²) in [6.07, 6.45) is 11.9. The van der Waals surface area contributed by atoms with Gasteiger partial charge in [0, 0.05) is 35.7 Å². The normalized spacial score (nSPS) is 14.2. The van der Waals surface area contributed by atoms with Crippen molar-refractivity contribution < 1.29 is 0 Å². The van der Waals surface area contributed by atoms with Gasteiger partial charge in [-0.3, -0.25) is 0 Å². The minimum absolute atomic E-state index is 0.486. The first-order chi connectivity index (χ1) is 12.0. The summed E-state index contributed by atoms with van der Waals surface area (Å²) in [6, 6.07) is 2.21. The van der Waals surface area contributed by atoms with E-state index in [1.807, 2.05) is 0 Å². The number of hydrogen-bond acceptors (Lipinski definition) is 3. The van der Waals surface area contributed by atoms with Crippen LogP contribution in [0.3, 0.4) is 0 Å². The first-order valence-corrected chi connectivity index (χ1v) is 8.90. The average molecular weight is 338 g/mol. The Morgan fingerprint density at radius 3 is 2.64 bits per heavy atom. The smallest absolute Gasteiger partial charge is 0.0886 e. The Morgan fingerprint density at radius 2 is 2.04 bits per heavy atom. The molecule has 4 heteroatoms. The Labute approximate surface area is 151 Å². The summed E-state index contributed by atoms with van der Waals surface area (Å²) in [5.41, 5.74) is 12.4. The molecule has 5 N–H and O–H groups in total. The minimum Gasteiger partial charge on any atom is -0.386 e. The lowest BCUT2D eigenvalue weighted by Crippen LogP contribution is -2.28. The van der Waals surface area contributed by atoms with Gasteiger partial charge >= 0.3 is 0 Å². The van der Waals surface area contributed by atoms with Crippen molar-refractivity contribution in [2.24, 2.45) is 5.73 Å². The number of allylic oxidation sites excluding steroid dienone is 6. The van der Waals surface area contributed by atoms with Crippen LogP contribution in [-0.4, -0.2) is 18.1 Å². The van der Waals surface area contributed by atoms with E-state index in [1.165, 1.54) is 16.8 Å². The second kappa shape index (κ2) is 9.02. The Morgan fingerprint density at radius 1 is 1.28 bits per heavy atom. The predicted octanol–water partition coefficient (Wildman–Crippen LogP) is 3.67. The van der Waals surface area contributed by atoms with E-state index < -0.39 is 0 Å². The third-order valence-corrected chi connectivity index (χ3v) is 4.22. The molecule has 0 bridgehead atoms. The molecule has 25 heavy (non-hydrogen) atoms. The van der Waals surface area contributed by atoms with E-state index in [1.54, 1.807) is 0 Å². The monoisotopic (exact) mass is 338 g/mol. The summed E-state index contributed by atoms with van der Waals surface area (Å²) in [7, 11) is 0. The number of H-pyrrole nitrogens is 1. The highest BCUT2D eigenvalue weighted by atomic mass is 15.0. The van der Waals surface area contributed by atoms with Crippen LogP contribution in [0.4, 0.5) is 0 Å². The van der Waals surface area contributed by atoms with Gasteiger partial charge in [-0.25, -0.2) is 0 Å². The van der Waals surface area contributed by atoms with Gasteiger partial charge in [-0.2, -0.15) is 0 Å². The molecule has 0 saturated carbocycles. The summed E-state index contributed by atoms with van der Waals surface area (Å²) in [4.78, 5) is 3.45. The molecular formula is C21H30N4. The third-order valence-electron chi connectivity index (χ3n) is 4.22. The highest BCUT2D eigenvalue weighted by molar-refractivity contribution is 5.71. The fourth-order valence-corrected chi connectivity index (χ4v) is 2.85. The summed E-state index contributed by atoms with van der Waals surface area (Å²) in [6.45, 7) is 13.6. The van der Waals surface area contributed by atoms with Gasteiger partial charge < -0.3 is 21.4 Å².